The first-order valence-corrected chi connectivity index (χ1v) is 9.53. The second-order valence-corrected chi connectivity index (χ2v) is 6.98. The number of hydrogen-bond donors (Lipinski definition) is 1. The van der Waals surface area contributed by atoms with E-state index in [0.29, 0.717) is 12.1 Å². The molecule has 0 aliphatic carbocycles. The summed E-state index contributed by atoms with van der Waals surface area (Å²) in [5.74, 6) is -0.392. The number of esters is 1. The quantitative estimate of drug-likeness (QED) is 0.489. The smallest absolute Gasteiger partial charge is 0.416 e. The first kappa shape index (κ1) is 21.6. The van der Waals surface area contributed by atoms with Crippen LogP contribution in [-0.4, -0.2) is 5.97 Å². The van der Waals surface area contributed by atoms with Crippen LogP contribution >= 0.6 is 0 Å². The van der Waals surface area contributed by atoms with Crippen molar-refractivity contribution in [2.45, 2.75) is 32.3 Å². The fourth-order valence-corrected chi connectivity index (χ4v) is 2.91. The first-order valence-electron chi connectivity index (χ1n) is 9.53. The number of hydrogen-bond acceptors (Lipinski definition) is 3. The number of nitrogens with one attached hydrogen (secondary N) is 1. The fraction of sp³-hybridized carbons (Fsp3) is 0.208. The van der Waals surface area contributed by atoms with Crippen molar-refractivity contribution in [1.82, 2.24) is 5.32 Å². The van der Waals surface area contributed by atoms with E-state index >= 15 is 0 Å². The van der Waals surface area contributed by atoms with Crippen molar-refractivity contribution in [3.8, 4) is 0 Å². The first-order chi connectivity index (χ1) is 14.3. The summed E-state index contributed by atoms with van der Waals surface area (Å²) in [4.78, 5) is 12.2. The van der Waals surface area contributed by atoms with Gasteiger partial charge in [0.05, 0.1) is 11.1 Å². The van der Waals surface area contributed by atoms with Crippen LogP contribution in [0.25, 0.3) is 0 Å². The van der Waals surface area contributed by atoms with E-state index in [-0.39, 0.29) is 12.6 Å². The standard InChI is InChI=1S/C24H22F3NO2/c1-17(20-11-13-22(14-12-20)24(25,26)27)28-15-18-7-9-21(10-8-18)23(29)30-16-19-5-3-2-4-6-19/h2-14,17,28H,15-16H2,1H3/t17-/m0/s1. The van der Waals surface area contributed by atoms with Crippen molar-refractivity contribution in [2.24, 2.45) is 0 Å². The number of alkyl halides is 3. The molecule has 156 valence electrons. The Morgan fingerprint density at radius 2 is 1.53 bits per heavy atom. The molecule has 0 saturated heterocycles. The van der Waals surface area contributed by atoms with Crippen molar-refractivity contribution in [3.05, 3.63) is 107 Å². The summed E-state index contributed by atoms with van der Waals surface area (Å²) in [6, 6.07) is 21.5. The van der Waals surface area contributed by atoms with Crippen LogP contribution in [0.5, 0.6) is 0 Å². The molecule has 30 heavy (non-hydrogen) atoms. The molecule has 3 aromatic carbocycles. The third kappa shape index (κ3) is 5.94. The second-order valence-electron chi connectivity index (χ2n) is 6.98. The highest BCUT2D eigenvalue weighted by atomic mass is 19.4. The molecule has 0 fully saturated rings. The van der Waals surface area contributed by atoms with Crippen molar-refractivity contribution >= 4 is 5.97 Å². The van der Waals surface area contributed by atoms with Crippen LogP contribution in [-0.2, 0) is 24.1 Å². The summed E-state index contributed by atoms with van der Waals surface area (Å²) < 4.78 is 43.3. The molecule has 0 aliphatic heterocycles. The summed E-state index contributed by atoms with van der Waals surface area (Å²) in [5, 5.41) is 3.27. The average Bonchev–Trinajstić information content (AvgIpc) is 2.76. The van der Waals surface area contributed by atoms with Gasteiger partial charge in [-0.2, -0.15) is 13.2 Å². The van der Waals surface area contributed by atoms with Gasteiger partial charge in [0, 0.05) is 12.6 Å². The Morgan fingerprint density at radius 1 is 0.900 bits per heavy atom. The molecule has 0 aliphatic rings. The molecule has 3 aromatic rings. The van der Waals surface area contributed by atoms with Gasteiger partial charge >= 0.3 is 12.1 Å². The topological polar surface area (TPSA) is 38.3 Å². The van der Waals surface area contributed by atoms with E-state index in [1.807, 2.05) is 49.4 Å². The summed E-state index contributed by atoms with van der Waals surface area (Å²) >= 11 is 0. The molecular formula is C24H22F3NO2. The van der Waals surface area contributed by atoms with E-state index in [0.717, 1.165) is 28.8 Å². The van der Waals surface area contributed by atoms with E-state index in [9.17, 15) is 18.0 Å². The highest BCUT2D eigenvalue weighted by Gasteiger charge is 2.30. The lowest BCUT2D eigenvalue weighted by Gasteiger charge is -2.15. The van der Waals surface area contributed by atoms with Crippen LogP contribution in [0, 0.1) is 0 Å². The monoisotopic (exact) mass is 413 g/mol. The molecule has 0 saturated carbocycles. The third-order valence-corrected chi connectivity index (χ3v) is 4.75. The molecule has 0 radical (unpaired) electrons. The minimum absolute atomic E-state index is 0.122. The van der Waals surface area contributed by atoms with Gasteiger partial charge < -0.3 is 10.1 Å². The van der Waals surface area contributed by atoms with E-state index < -0.39 is 17.7 Å². The Bertz CT molecular complexity index is 952. The van der Waals surface area contributed by atoms with Gasteiger partial charge in [-0.25, -0.2) is 4.79 Å². The highest BCUT2D eigenvalue weighted by molar-refractivity contribution is 5.89. The molecular weight excluding hydrogens is 391 g/mol. The number of carbonyl (C=O) groups is 1. The van der Waals surface area contributed by atoms with Crippen molar-refractivity contribution in [1.29, 1.82) is 0 Å². The maximum Gasteiger partial charge on any atom is 0.416 e. The average molecular weight is 413 g/mol. The number of benzene rings is 3. The van der Waals surface area contributed by atoms with Crippen LogP contribution in [0.1, 0.15) is 45.6 Å². The van der Waals surface area contributed by atoms with E-state index in [4.69, 9.17) is 4.74 Å². The zero-order valence-electron chi connectivity index (χ0n) is 16.4. The number of carbonyl (C=O) groups excluding carboxylic acids is 1. The third-order valence-electron chi connectivity index (χ3n) is 4.75. The van der Waals surface area contributed by atoms with Crippen LogP contribution in [0.2, 0.25) is 0 Å². The van der Waals surface area contributed by atoms with Crippen LogP contribution in [0.3, 0.4) is 0 Å². The molecule has 0 bridgehead atoms. The normalized spacial score (nSPS) is 12.4. The van der Waals surface area contributed by atoms with Gasteiger partial charge in [-0.15, -0.1) is 0 Å². The largest absolute Gasteiger partial charge is 0.457 e. The lowest BCUT2D eigenvalue weighted by Crippen LogP contribution is -2.18. The predicted octanol–water partition coefficient (Wildman–Crippen LogP) is 5.91. The number of ether oxygens (including phenoxy) is 1. The summed E-state index contributed by atoms with van der Waals surface area (Å²) in [6.07, 6.45) is -4.33. The molecule has 0 heterocycles. The maximum atomic E-state index is 12.7. The Morgan fingerprint density at radius 3 is 2.13 bits per heavy atom. The van der Waals surface area contributed by atoms with Gasteiger partial charge in [-0.05, 0) is 47.9 Å². The van der Waals surface area contributed by atoms with E-state index in [2.05, 4.69) is 5.32 Å². The molecule has 6 heteroatoms. The zero-order chi connectivity index (χ0) is 21.6. The molecule has 0 amide bonds. The fourth-order valence-electron chi connectivity index (χ4n) is 2.91. The summed E-state index contributed by atoms with van der Waals surface area (Å²) in [6.45, 7) is 2.62. The highest BCUT2D eigenvalue weighted by Crippen LogP contribution is 2.29. The Kier molecular flexibility index (Phi) is 6.90. The van der Waals surface area contributed by atoms with Crippen molar-refractivity contribution in [3.63, 3.8) is 0 Å². The van der Waals surface area contributed by atoms with Gasteiger partial charge in [0.15, 0.2) is 0 Å². The van der Waals surface area contributed by atoms with Crippen LogP contribution in [0.4, 0.5) is 13.2 Å². The Labute approximate surface area is 173 Å². The Hall–Kier alpha value is -3.12. The van der Waals surface area contributed by atoms with Crippen LogP contribution in [0.15, 0.2) is 78.9 Å². The Balaban J connectivity index is 1.51. The lowest BCUT2D eigenvalue weighted by atomic mass is 10.1. The minimum Gasteiger partial charge on any atom is -0.457 e. The second kappa shape index (κ2) is 9.59. The molecule has 0 spiro atoms. The van der Waals surface area contributed by atoms with E-state index in [1.54, 1.807) is 12.1 Å². The van der Waals surface area contributed by atoms with Gasteiger partial charge in [0.2, 0.25) is 0 Å². The molecule has 3 nitrogen and oxygen atoms in total. The number of rotatable bonds is 7. The van der Waals surface area contributed by atoms with E-state index in [1.165, 1.54) is 12.1 Å². The lowest BCUT2D eigenvalue weighted by molar-refractivity contribution is -0.137. The van der Waals surface area contributed by atoms with Crippen molar-refractivity contribution in [2.75, 3.05) is 0 Å². The van der Waals surface area contributed by atoms with Gasteiger partial charge in [0.1, 0.15) is 6.61 Å². The summed E-state index contributed by atoms with van der Waals surface area (Å²) in [5.41, 5.74) is 2.44. The molecule has 1 atom stereocenters. The van der Waals surface area contributed by atoms with Gasteiger partial charge in [0.25, 0.3) is 0 Å². The molecule has 0 aromatic heterocycles. The molecule has 3 rings (SSSR count). The predicted molar refractivity (Wildman–Crippen MR) is 109 cm³/mol. The zero-order valence-corrected chi connectivity index (χ0v) is 16.4. The maximum absolute atomic E-state index is 12.7. The van der Waals surface area contributed by atoms with Gasteiger partial charge in [-0.1, -0.05) is 54.6 Å². The molecule has 0 unspecified atom stereocenters. The minimum atomic E-state index is -4.33. The molecule has 1 N–H and O–H groups in total. The SMILES string of the molecule is C[C@H](NCc1ccc(C(=O)OCc2ccccc2)cc1)c1ccc(C(F)(F)F)cc1. The van der Waals surface area contributed by atoms with Crippen LogP contribution < -0.4 is 5.32 Å². The van der Waals surface area contributed by atoms with Gasteiger partial charge in [-0.3, -0.25) is 0 Å². The number of halogens is 3. The van der Waals surface area contributed by atoms with Crippen molar-refractivity contribution < 1.29 is 22.7 Å². The summed E-state index contributed by atoms with van der Waals surface area (Å²) in [7, 11) is 0.